The molecule has 2 amide bonds. The molecule has 94 valence electrons. The molecule has 0 spiro atoms. The fourth-order valence-corrected chi connectivity index (χ4v) is 2.01. The van der Waals surface area contributed by atoms with Gasteiger partial charge in [-0.25, -0.2) is 4.79 Å². The standard InChI is InChI=1S/C7H14N2O6S/c8-7(14)9-16-6-5(13)4(12)3(11)2(1-10)15-6/h2-6,10-13H,1H2,(H3,8,9,14)/t2-,3-,4+,5-,6?/m1/s1. The van der Waals surface area contributed by atoms with Crippen LogP contribution in [0.4, 0.5) is 4.79 Å². The number of nitrogens with two attached hydrogens (primary N) is 1. The lowest BCUT2D eigenvalue weighted by atomic mass is 10.0. The van der Waals surface area contributed by atoms with E-state index in [0.29, 0.717) is 11.9 Å². The number of urea groups is 1. The summed E-state index contributed by atoms with van der Waals surface area (Å²) >= 11 is 0.659. The summed E-state index contributed by atoms with van der Waals surface area (Å²) in [7, 11) is 0. The maximum absolute atomic E-state index is 10.4. The van der Waals surface area contributed by atoms with Crippen LogP contribution in [-0.2, 0) is 4.74 Å². The van der Waals surface area contributed by atoms with Gasteiger partial charge in [-0.3, -0.25) is 4.72 Å². The monoisotopic (exact) mass is 254 g/mol. The Balaban J connectivity index is 2.60. The van der Waals surface area contributed by atoms with Crippen LogP contribution in [0.1, 0.15) is 0 Å². The van der Waals surface area contributed by atoms with E-state index in [1.165, 1.54) is 0 Å². The summed E-state index contributed by atoms with van der Waals surface area (Å²) in [4.78, 5) is 10.4. The van der Waals surface area contributed by atoms with Gasteiger partial charge < -0.3 is 30.9 Å². The molecule has 0 aromatic carbocycles. The van der Waals surface area contributed by atoms with Gasteiger partial charge in [0.25, 0.3) is 0 Å². The quantitative estimate of drug-likeness (QED) is 0.296. The van der Waals surface area contributed by atoms with Crippen LogP contribution < -0.4 is 10.5 Å². The first-order valence-corrected chi connectivity index (χ1v) is 5.37. The molecule has 1 aliphatic heterocycles. The average Bonchev–Trinajstić information content (AvgIpc) is 2.25. The molecular formula is C7H14N2O6S. The number of amides is 2. The molecule has 1 fully saturated rings. The van der Waals surface area contributed by atoms with Gasteiger partial charge in [-0.05, 0) is 11.9 Å². The maximum Gasteiger partial charge on any atom is 0.322 e. The van der Waals surface area contributed by atoms with Crippen molar-refractivity contribution >= 4 is 18.0 Å². The summed E-state index contributed by atoms with van der Waals surface area (Å²) in [5, 5.41) is 37.2. The number of hydrogen-bond donors (Lipinski definition) is 6. The number of nitrogens with one attached hydrogen (secondary N) is 1. The van der Waals surface area contributed by atoms with Crippen LogP contribution in [-0.4, -0.2) is 62.9 Å². The third-order valence-electron chi connectivity index (χ3n) is 2.12. The molecule has 1 aliphatic rings. The van der Waals surface area contributed by atoms with Crippen molar-refractivity contribution in [3.63, 3.8) is 0 Å². The van der Waals surface area contributed by atoms with Gasteiger partial charge in [0.1, 0.15) is 24.4 Å². The summed E-state index contributed by atoms with van der Waals surface area (Å²) in [6.45, 7) is -0.515. The van der Waals surface area contributed by atoms with Crippen LogP contribution in [0.2, 0.25) is 0 Å². The van der Waals surface area contributed by atoms with Gasteiger partial charge in [0.15, 0.2) is 5.44 Å². The number of carbonyl (C=O) groups is 1. The molecule has 0 bridgehead atoms. The third-order valence-corrected chi connectivity index (χ3v) is 3.07. The maximum atomic E-state index is 10.4. The largest absolute Gasteiger partial charge is 0.394 e. The van der Waals surface area contributed by atoms with E-state index in [0.717, 1.165) is 0 Å². The van der Waals surface area contributed by atoms with Gasteiger partial charge in [-0.2, -0.15) is 0 Å². The second-order valence-electron chi connectivity index (χ2n) is 3.28. The molecule has 16 heavy (non-hydrogen) atoms. The van der Waals surface area contributed by atoms with E-state index < -0.39 is 42.5 Å². The number of carbonyl (C=O) groups excluding carboxylic acids is 1. The highest BCUT2D eigenvalue weighted by atomic mass is 32.2. The predicted molar refractivity (Wildman–Crippen MR) is 54.1 cm³/mol. The second kappa shape index (κ2) is 5.66. The first-order valence-electron chi connectivity index (χ1n) is 4.49. The van der Waals surface area contributed by atoms with Crippen LogP contribution in [0.5, 0.6) is 0 Å². The predicted octanol–water partition coefficient (Wildman–Crippen LogP) is -2.90. The lowest BCUT2D eigenvalue weighted by Crippen LogP contribution is -2.58. The lowest BCUT2D eigenvalue weighted by Gasteiger charge is -2.39. The minimum atomic E-state index is -1.46. The van der Waals surface area contributed by atoms with E-state index in [1.54, 1.807) is 0 Å². The van der Waals surface area contributed by atoms with Crippen LogP contribution in [0.25, 0.3) is 0 Å². The lowest BCUT2D eigenvalue weighted by molar-refractivity contribution is -0.205. The van der Waals surface area contributed by atoms with Gasteiger partial charge in [0.2, 0.25) is 0 Å². The minimum absolute atomic E-state index is 0.515. The molecule has 5 atom stereocenters. The first kappa shape index (κ1) is 13.5. The van der Waals surface area contributed by atoms with E-state index in [2.05, 4.69) is 4.72 Å². The van der Waals surface area contributed by atoms with E-state index >= 15 is 0 Å². The molecule has 1 rings (SSSR count). The van der Waals surface area contributed by atoms with Crippen molar-refractivity contribution in [2.24, 2.45) is 5.73 Å². The zero-order valence-corrected chi connectivity index (χ0v) is 9.00. The van der Waals surface area contributed by atoms with Crippen LogP contribution in [0.15, 0.2) is 0 Å². The molecule has 0 aromatic heterocycles. The zero-order valence-electron chi connectivity index (χ0n) is 8.18. The van der Waals surface area contributed by atoms with Crippen molar-refractivity contribution in [2.45, 2.75) is 29.9 Å². The summed E-state index contributed by atoms with van der Waals surface area (Å²) in [5.74, 6) is 0. The highest BCUT2D eigenvalue weighted by Crippen LogP contribution is 2.26. The summed E-state index contributed by atoms with van der Waals surface area (Å²) in [5.41, 5.74) is 3.80. The summed E-state index contributed by atoms with van der Waals surface area (Å²) in [6.07, 6.45) is -5.26. The van der Waals surface area contributed by atoms with Crippen molar-refractivity contribution in [3.8, 4) is 0 Å². The van der Waals surface area contributed by atoms with Crippen molar-refractivity contribution in [1.29, 1.82) is 0 Å². The van der Waals surface area contributed by atoms with Crippen molar-refractivity contribution < 1.29 is 30.0 Å². The van der Waals surface area contributed by atoms with E-state index in [9.17, 15) is 20.1 Å². The highest BCUT2D eigenvalue weighted by Gasteiger charge is 2.43. The number of primary amides is 1. The second-order valence-corrected chi connectivity index (χ2v) is 4.19. The number of ether oxygens (including phenoxy) is 1. The van der Waals surface area contributed by atoms with Crippen molar-refractivity contribution in [2.75, 3.05) is 6.61 Å². The Morgan fingerprint density at radius 2 is 1.94 bits per heavy atom. The fraction of sp³-hybridized carbons (Fsp3) is 0.857. The third kappa shape index (κ3) is 2.97. The van der Waals surface area contributed by atoms with Gasteiger partial charge >= 0.3 is 6.03 Å². The van der Waals surface area contributed by atoms with Crippen molar-refractivity contribution in [1.82, 2.24) is 4.72 Å². The Labute approximate surface area is 95.5 Å². The SMILES string of the molecule is NC(=O)NSC1O[C@H](CO)[C@@H](O)[C@H](O)[C@H]1O. The number of rotatable bonds is 3. The van der Waals surface area contributed by atoms with Crippen molar-refractivity contribution in [3.05, 3.63) is 0 Å². The van der Waals surface area contributed by atoms with E-state index in [1.807, 2.05) is 0 Å². The van der Waals surface area contributed by atoms with Gasteiger partial charge in [-0.1, -0.05) is 0 Å². The fourth-order valence-electron chi connectivity index (χ4n) is 1.28. The van der Waals surface area contributed by atoms with Gasteiger partial charge in [-0.15, -0.1) is 0 Å². The zero-order chi connectivity index (χ0) is 12.3. The van der Waals surface area contributed by atoms with Crippen LogP contribution in [0, 0.1) is 0 Å². The molecule has 0 saturated carbocycles. The Hall–Kier alpha value is -0.580. The summed E-state index contributed by atoms with van der Waals surface area (Å²) < 4.78 is 7.19. The van der Waals surface area contributed by atoms with E-state index in [-0.39, 0.29) is 0 Å². The Morgan fingerprint density at radius 3 is 2.44 bits per heavy atom. The molecule has 1 unspecified atom stereocenters. The minimum Gasteiger partial charge on any atom is -0.394 e. The Bertz CT molecular complexity index is 253. The van der Waals surface area contributed by atoms with E-state index in [4.69, 9.17) is 15.6 Å². The molecule has 0 radical (unpaired) electrons. The number of aliphatic hydroxyl groups is 4. The average molecular weight is 254 g/mol. The molecule has 0 aliphatic carbocycles. The van der Waals surface area contributed by atoms with Crippen LogP contribution >= 0.6 is 11.9 Å². The Morgan fingerprint density at radius 1 is 1.31 bits per heavy atom. The topological polar surface area (TPSA) is 145 Å². The highest BCUT2D eigenvalue weighted by molar-refractivity contribution is 7.98. The summed E-state index contributed by atoms with van der Waals surface area (Å²) in [6, 6.07) is -0.832. The van der Waals surface area contributed by atoms with Gasteiger partial charge in [0, 0.05) is 0 Å². The molecule has 9 heteroatoms. The molecule has 7 N–H and O–H groups in total. The van der Waals surface area contributed by atoms with Crippen LogP contribution in [0.3, 0.4) is 0 Å². The molecule has 8 nitrogen and oxygen atoms in total. The smallest absolute Gasteiger partial charge is 0.322 e. The van der Waals surface area contributed by atoms with Gasteiger partial charge in [0.05, 0.1) is 6.61 Å². The Kier molecular flexibility index (Phi) is 4.77. The number of hydrogen-bond acceptors (Lipinski definition) is 7. The molecular weight excluding hydrogens is 240 g/mol. The molecule has 1 saturated heterocycles. The molecule has 0 aromatic rings. The number of aliphatic hydroxyl groups excluding tert-OH is 4. The molecule has 1 heterocycles. The normalized spacial score (nSPS) is 39.4. The first-order chi connectivity index (χ1) is 7.47.